The van der Waals surface area contributed by atoms with E-state index in [9.17, 15) is 13.6 Å². The van der Waals surface area contributed by atoms with Gasteiger partial charge in [0.2, 0.25) is 0 Å². The lowest BCUT2D eigenvalue weighted by atomic mass is 9.95. The highest BCUT2D eigenvalue weighted by Gasteiger charge is 2.14. The zero-order valence-corrected chi connectivity index (χ0v) is 11.5. The van der Waals surface area contributed by atoms with Crippen molar-refractivity contribution in [3.05, 3.63) is 78.0 Å². The quantitative estimate of drug-likeness (QED) is 0.666. The average molecular weight is 295 g/mol. The van der Waals surface area contributed by atoms with Crippen molar-refractivity contribution in [3.8, 4) is 22.4 Å². The maximum absolute atomic E-state index is 13.5. The van der Waals surface area contributed by atoms with Crippen LogP contribution >= 0.6 is 0 Å². The van der Waals surface area contributed by atoms with Gasteiger partial charge in [0.1, 0.15) is 11.6 Å². The van der Waals surface area contributed by atoms with Gasteiger partial charge in [0, 0.05) is 22.9 Å². The van der Waals surface area contributed by atoms with E-state index in [0.717, 1.165) is 0 Å². The molecule has 0 aliphatic heterocycles. The second kappa shape index (κ2) is 5.85. The molecule has 22 heavy (non-hydrogen) atoms. The summed E-state index contributed by atoms with van der Waals surface area (Å²) in [5, 5.41) is 0. The van der Waals surface area contributed by atoms with Crippen LogP contribution in [0.25, 0.3) is 22.4 Å². The molecule has 1 aromatic heterocycles. The van der Waals surface area contributed by atoms with Crippen molar-refractivity contribution in [1.29, 1.82) is 0 Å². The summed E-state index contributed by atoms with van der Waals surface area (Å²) in [6.07, 6.45) is 2.16. The predicted octanol–water partition coefficient (Wildman–Crippen LogP) is 4.51. The number of hydrogen-bond donors (Lipinski definition) is 0. The standard InChI is InChI=1S/C18H11F2NO/c19-15-5-1-3-12(9-15)17-14(11-22)7-8-21-18(17)13-4-2-6-16(20)10-13/h1-11H. The molecule has 0 aliphatic rings. The fourth-order valence-electron chi connectivity index (χ4n) is 2.38. The Bertz CT molecular complexity index is 846. The van der Waals surface area contributed by atoms with Crippen LogP contribution in [0.2, 0.25) is 0 Å². The summed E-state index contributed by atoms with van der Waals surface area (Å²) in [7, 11) is 0. The van der Waals surface area contributed by atoms with Crippen LogP contribution in [-0.4, -0.2) is 11.3 Å². The third kappa shape index (κ3) is 2.63. The van der Waals surface area contributed by atoms with Crippen molar-refractivity contribution in [1.82, 2.24) is 4.98 Å². The highest BCUT2D eigenvalue weighted by molar-refractivity contribution is 5.94. The molecule has 0 bridgehead atoms. The molecule has 3 rings (SSSR count). The third-order valence-corrected chi connectivity index (χ3v) is 3.32. The van der Waals surface area contributed by atoms with Crippen molar-refractivity contribution >= 4 is 6.29 Å². The van der Waals surface area contributed by atoms with Crippen molar-refractivity contribution in [2.75, 3.05) is 0 Å². The molecule has 108 valence electrons. The SMILES string of the molecule is O=Cc1ccnc(-c2cccc(F)c2)c1-c1cccc(F)c1. The van der Waals surface area contributed by atoms with Gasteiger partial charge in [-0.25, -0.2) is 8.78 Å². The Morgan fingerprint density at radius 1 is 0.864 bits per heavy atom. The molecule has 0 radical (unpaired) electrons. The Hall–Kier alpha value is -2.88. The van der Waals surface area contributed by atoms with Crippen LogP contribution in [-0.2, 0) is 0 Å². The van der Waals surface area contributed by atoms with Crippen LogP contribution in [0.3, 0.4) is 0 Å². The molecule has 0 aliphatic carbocycles. The van der Waals surface area contributed by atoms with E-state index in [2.05, 4.69) is 4.98 Å². The van der Waals surface area contributed by atoms with Gasteiger partial charge in [0.25, 0.3) is 0 Å². The van der Waals surface area contributed by atoms with E-state index in [4.69, 9.17) is 0 Å². The van der Waals surface area contributed by atoms with Gasteiger partial charge in [-0.2, -0.15) is 0 Å². The first-order chi connectivity index (χ1) is 10.7. The van der Waals surface area contributed by atoms with E-state index in [1.807, 2.05) is 0 Å². The topological polar surface area (TPSA) is 30.0 Å². The first-order valence-corrected chi connectivity index (χ1v) is 6.65. The van der Waals surface area contributed by atoms with Crippen LogP contribution < -0.4 is 0 Å². The Morgan fingerprint density at radius 2 is 1.50 bits per heavy atom. The minimum atomic E-state index is -0.414. The van der Waals surface area contributed by atoms with E-state index in [1.54, 1.807) is 30.3 Å². The monoisotopic (exact) mass is 295 g/mol. The van der Waals surface area contributed by atoms with Gasteiger partial charge in [-0.05, 0) is 35.9 Å². The lowest BCUT2D eigenvalue weighted by molar-refractivity contribution is 0.112. The van der Waals surface area contributed by atoms with Gasteiger partial charge in [-0.3, -0.25) is 9.78 Å². The average Bonchev–Trinajstić information content (AvgIpc) is 2.54. The lowest BCUT2D eigenvalue weighted by Crippen LogP contribution is -1.96. The zero-order chi connectivity index (χ0) is 15.5. The van der Waals surface area contributed by atoms with Crippen LogP contribution in [0, 0.1) is 11.6 Å². The smallest absolute Gasteiger partial charge is 0.150 e. The number of nitrogens with zero attached hydrogens (tertiary/aromatic N) is 1. The molecule has 4 heteroatoms. The number of halogens is 2. The fraction of sp³-hybridized carbons (Fsp3) is 0. The molecule has 2 aromatic carbocycles. The number of carbonyl (C=O) groups is 1. The minimum absolute atomic E-state index is 0.375. The van der Waals surface area contributed by atoms with Crippen LogP contribution in [0.5, 0.6) is 0 Å². The molecule has 0 amide bonds. The molecule has 0 saturated carbocycles. The zero-order valence-electron chi connectivity index (χ0n) is 11.5. The van der Waals surface area contributed by atoms with E-state index >= 15 is 0 Å². The van der Waals surface area contributed by atoms with E-state index in [-0.39, 0.29) is 0 Å². The molecule has 3 aromatic rings. The Labute approximate surface area is 126 Å². The first-order valence-electron chi connectivity index (χ1n) is 6.65. The lowest BCUT2D eigenvalue weighted by Gasteiger charge is -2.12. The number of aromatic nitrogens is 1. The second-order valence-corrected chi connectivity index (χ2v) is 4.76. The first kappa shape index (κ1) is 14.1. The molecule has 0 spiro atoms. The Balaban J connectivity index is 2.30. The van der Waals surface area contributed by atoms with Crippen LogP contribution in [0.15, 0.2) is 60.8 Å². The second-order valence-electron chi connectivity index (χ2n) is 4.76. The van der Waals surface area contributed by atoms with Crippen molar-refractivity contribution in [2.24, 2.45) is 0 Å². The third-order valence-electron chi connectivity index (χ3n) is 3.32. The molecule has 2 nitrogen and oxygen atoms in total. The summed E-state index contributed by atoms with van der Waals surface area (Å²) in [5.41, 5.74) is 2.36. The number of pyridine rings is 1. The Kier molecular flexibility index (Phi) is 3.74. The van der Waals surface area contributed by atoms with Crippen molar-refractivity contribution < 1.29 is 13.6 Å². The summed E-state index contributed by atoms with van der Waals surface area (Å²) in [5.74, 6) is -0.815. The predicted molar refractivity (Wildman–Crippen MR) is 80.4 cm³/mol. The number of carbonyl (C=O) groups excluding carboxylic acids is 1. The maximum atomic E-state index is 13.5. The molecule has 1 heterocycles. The summed E-state index contributed by atoms with van der Waals surface area (Å²) in [4.78, 5) is 15.6. The van der Waals surface area contributed by atoms with E-state index in [1.165, 1.54) is 30.5 Å². The van der Waals surface area contributed by atoms with Gasteiger partial charge in [-0.1, -0.05) is 24.3 Å². The van der Waals surface area contributed by atoms with Crippen LogP contribution in [0.1, 0.15) is 10.4 Å². The summed E-state index contributed by atoms with van der Waals surface area (Å²) in [6.45, 7) is 0. The summed E-state index contributed by atoms with van der Waals surface area (Å²) < 4.78 is 27.0. The van der Waals surface area contributed by atoms with E-state index < -0.39 is 11.6 Å². The molecule has 0 fully saturated rings. The molecule has 0 unspecified atom stereocenters. The number of hydrogen-bond acceptors (Lipinski definition) is 2. The molecular formula is C18H11F2NO. The maximum Gasteiger partial charge on any atom is 0.150 e. The minimum Gasteiger partial charge on any atom is -0.298 e. The largest absolute Gasteiger partial charge is 0.298 e. The molecular weight excluding hydrogens is 284 g/mol. The number of rotatable bonds is 3. The number of aldehydes is 1. The van der Waals surface area contributed by atoms with E-state index in [0.29, 0.717) is 34.2 Å². The number of benzene rings is 2. The molecule has 0 atom stereocenters. The fourth-order valence-corrected chi connectivity index (χ4v) is 2.38. The van der Waals surface area contributed by atoms with Gasteiger partial charge < -0.3 is 0 Å². The highest BCUT2D eigenvalue weighted by atomic mass is 19.1. The van der Waals surface area contributed by atoms with Gasteiger partial charge in [0.05, 0.1) is 5.69 Å². The Morgan fingerprint density at radius 3 is 2.14 bits per heavy atom. The van der Waals surface area contributed by atoms with Gasteiger partial charge >= 0.3 is 0 Å². The highest BCUT2D eigenvalue weighted by Crippen LogP contribution is 2.33. The van der Waals surface area contributed by atoms with Crippen molar-refractivity contribution in [3.63, 3.8) is 0 Å². The summed E-state index contributed by atoms with van der Waals surface area (Å²) in [6, 6.07) is 13.4. The molecule has 0 saturated heterocycles. The normalized spacial score (nSPS) is 10.5. The van der Waals surface area contributed by atoms with Crippen molar-refractivity contribution in [2.45, 2.75) is 0 Å². The molecule has 0 N–H and O–H groups in total. The van der Waals surface area contributed by atoms with Gasteiger partial charge in [0.15, 0.2) is 6.29 Å². The van der Waals surface area contributed by atoms with Crippen LogP contribution in [0.4, 0.5) is 8.78 Å². The summed E-state index contributed by atoms with van der Waals surface area (Å²) >= 11 is 0. The van der Waals surface area contributed by atoms with Gasteiger partial charge in [-0.15, -0.1) is 0 Å².